The highest BCUT2D eigenvalue weighted by Crippen LogP contribution is 2.48. The third-order valence-corrected chi connectivity index (χ3v) is 4.66. The molecule has 0 amide bonds. The lowest BCUT2D eigenvalue weighted by atomic mass is 9.81. The van der Waals surface area contributed by atoms with Gasteiger partial charge >= 0.3 is 0 Å². The summed E-state index contributed by atoms with van der Waals surface area (Å²) in [5.74, 6) is -0.210. The van der Waals surface area contributed by atoms with Gasteiger partial charge in [-0.1, -0.05) is 11.8 Å². The maximum Gasteiger partial charge on any atom is 0.164 e. The van der Waals surface area contributed by atoms with E-state index in [1.807, 2.05) is 0 Å². The fourth-order valence-electron chi connectivity index (χ4n) is 2.60. The van der Waals surface area contributed by atoms with Crippen molar-refractivity contribution in [2.24, 2.45) is 11.7 Å². The molecule has 1 aliphatic heterocycles. The minimum Gasteiger partial charge on any atom is -0.496 e. The first-order valence-electron chi connectivity index (χ1n) is 6.87. The van der Waals surface area contributed by atoms with E-state index >= 15 is 0 Å². The average molecular weight is 344 g/mol. The lowest BCUT2D eigenvalue weighted by Crippen LogP contribution is -2.27. The van der Waals surface area contributed by atoms with Gasteiger partial charge in [-0.25, -0.2) is 0 Å². The van der Waals surface area contributed by atoms with Crippen molar-refractivity contribution in [2.45, 2.75) is 5.92 Å². The van der Waals surface area contributed by atoms with E-state index in [9.17, 15) is 10.5 Å². The fraction of sp³-hybridized carbons (Fsp3) is 0.312. The van der Waals surface area contributed by atoms with Crippen LogP contribution in [0.1, 0.15) is 11.5 Å². The van der Waals surface area contributed by atoms with E-state index in [2.05, 4.69) is 12.1 Å². The van der Waals surface area contributed by atoms with Gasteiger partial charge in [-0.05, 0) is 6.07 Å². The Morgan fingerprint density at radius 1 is 1.08 bits per heavy atom. The molecular weight excluding hydrogens is 328 g/mol. The Bertz CT molecular complexity index is 792. The van der Waals surface area contributed by atoms with Crippen molar-refractivity contribution in [1.82, 2.24) is 0 Å². The standard InChI is InChI=1S/C16H16N4O3S/c1-21-11-5-13(23-3)12(22-2)4-8(11)14-9(6-17)15(19)24-16(20)10(14)7-18/h4-5,9,14,19H,20H2,1-3H3/t9-,14-/m1/s1. The van der Waals surface area contributed by atoms with Crippen molar-refractivity contribution >= 4 is 16.8 Å². The number of hydrogen-bond donors (Lipinski definition) is 2. The van der Waals surface area contributed by atoms with Gasteiger partial charge in [-0.3, -0.25) is 5.41 Å². The van der Waals surface area contributed by atoms with Crippen molar-refractivity contribution in [1.29, 1.82) is 15.9 Å². The molecule has 0 saturated carbocycles. The molecule has 124 valence electrons. The normalized spacial score (nSPS) is 20.1. The van der Waals surface area contributed by atoms with E-state index < -0.39 is 11.8 Å². The molecule has 1 aromatic rings. The molecule has 0 unspecified atom stereocenters. The Balaban J connectivity index is 2.75. The van der Waals surface area contributed by atoms with Gasteiger partial charge in [0.1, 0.15) is 11.7 Å². The smallest absolute Gasteiger partial charge is 0.164 e. The lowest BCUT2D eigenvalue weighted by molar-refractivity contribution is 0.346. The molecule has 1 aromatic carbocycles. The van der Waals surface area contributed by atoms with Gasteiger partial charge in [-0.2, -0.15) is 10.5 Å². The lowest BCUT2D eigenvalue weighted by Gasteiger charge is -2.29. The van der Waals surface area contributed by atoms with Crippen molar-refractivity contribution in [2.75, 3.05) is 21.3 Å². The van der Waals surface area contributed by atoms with Crippen LogP contribution in [0.2, 0.25) is 0 Å². The molecule has 0 fully saturated rings. The quantitative estimate of drug-likeness (QED) is 0.858. The third kappa shape index (κ3) is 2.84. The third-order valence-electron chi connectivity index (χ3n) is 3.74. The highest BCUT2D eigenvalue weighted by Gasteiger charge is 2.39. The summed E-state index contributed by atoms with van der Waals surface area (Å²) in [6, 6.07) is 7.43. The van der Waals surface area contributed by atoms with Crippen LogP contribution in [0.5, 0.6) is 17.2 Å². The SMILES string of the molecule is COc1cc(OC)c([C@H]2C(C#N)=C(N)SC(=N)[C@@H]2C#N)cc1OC. The first-order valence-corrected chi connectivity index (χ1v) is 7.69. The minimum absolute atomic E-state index is 0.0934. The van der Waals surface area contributed by atoms with Crippen LogP contribution in [0, 0.1) is 34.0 Å². The molecule has 1 aliphatic rings. The van der Waals surface area contributed by atoms with E-state index in [1.165, 1.54) is 21.3 Å². The first kappa shape index (κ1) is 17.5. The summed E-state index contributed by atoms with van der Waals surface area (Å²) in [6.45, 7) is 0. The average Bonchev–Trinajstić information content (AvgIpc) is 2.59. The van der Waals surface area contributed by atoms with Crippen LogP contribution in [0.25, 0.3) is 0 Å². The second-order valence-electron chi connectivity index (χ2n) is 4.89. The molecular formula is C16H16N4O3S. The number of nitrogens with two attached hydrogens (primary N) is 1. The van der Waals surface area contributed by atoms with Gasteiger partial charge in [0.05, 0.1) is 49.1 Å². The zero-order valence-electron chi connectivity index (χ0n) is 13.4. The highest BCUT2D eigenvalue weighted by atomic mass is 32.2. The van der Waals surface area contributed by atoms with Crippen LogP contribution in [0.3, 0.4) is 0 Å². The van der Waals surface area contributed by atoms with Gasteiger partial charge in [0.2, 0.25) is 0 Å². The second-order valence-corrected chi connectivity index (χ2v) is 5.97. The molecule has 0 radical (unpaired) electrons. The molecule has 0 bridgehead atoms. The highest BCUT2D eigenvalue weighted by molar-refractivity contribution is 8.17. The van der Waals surface area contributed by atoms with Gasteiger partial charge in [0, 0.05) is 17.5 Å². The number of nitrogens with one attached hydrogen (secondary N) is 1. The van der Waals surface area contributed by atoms with Crippen molar-refractivity contribution < 1.29 is 14.2 Å². The predicted molar refractivity (Wildman–Crippen MR) is 90.1 cm³/mol. The monoisotopic (exact) mass is 344 g/mol. The summed E-state index contributed by atoms with van der Waals surface area (Å²) >= 11 is 0.935. The minimum atomic E-state index is -0.830. The van der Waals surface area contributed by atoms with Gasteiger partial charge < -0.3 is 19.9 Å². The predicted octanol–water partition coefficient (Wildman–Crippen LogP) is 2.35. The zero-order chi connectivity index (χ0) is 17.9. The first-order chi connectivity index (χ1) is 11.5. The number of rotatable bonds is 4. The summed E-state index contributed by atoms with van der Waals surface area (Å²) in [5, 5.41) is 27.4. The fourth-order valence-corrected chi connectivity index (χ4v) is 3.43. The van der Waals surface area contributed by atoms with Gasteiger partial charge in [-0.15, -0.1) is 0 Å². The number of nitrogens with zero attached hydrogens (tertiary/aromatic N) is 2. The van der Waals surface area contributed by atoms with E-state index in [0.717, 1.165) is 11.8 Å². The number of methoxy groups -OCH3 is 3. The number of nitriles is 2. The van der Waals surface area contributed by atoms with E-state index in [1.54, 1.807) is 12.1 Å². The van der Waals surface area contributed by atoms with Crippen molar-refractivity contribution in [3.8, 4) is 29.4 Å². The van der Waals surface area contributed by atoms with Crippen LogP contribution in [0.15, 0.2) is 22.7 Å². The molecule has 1 heterocycles. The van der Waals surface area contributed by atoms with Crippen LogP contribution in [0.4, 0.5) is 0 Å². The number of allylic oxidation sites excluding steroid dienone is 1. The van der Waals surface area contributed by atoms with Crippen LogP contribution in [-0.2, 0) is 0 Å². The van der Waals surface area contributed by atoms with Crippen LogP contribution in [-0.4, -0.2) is 26.4 Å². The molecule has 7 nitrogen and oxygen atoms in total. The summed E-state index contributed by atoms with van der Waals surface area (Å²) in [4.78, 5) is 0. The summed E-state index contributed by atoms with van der Waals surface area (Å²) < 4.78 is 16.0. The Labute approximate surface area is 144 Å². The topological polar surface area (TPSA) is 125 Å². The van der Waals surface area contributed by atoms with E-state index in [0.29, 0.717) is 22.8 Å². The van der Waals surface area contributed by atoms with Crippen LogP contribution < -0.4 is 19.9 Å². The molecule has 24 heavy (non-hydrogen) atoms. The molecule has 0 aromatic heterocycles. The Kier molecular flexibility index (Phi) is 5.22. The Morgan fingerprint density at radius 2 is 1.67 bits per heavy atom. The number of hydrogen-bond acceptors (Lipinski definition) is 8. The summed E-state index contributed by atoms with van der Waals surface area (Å²) in [6.07, 6.45) is 0. The number of thioether (sulfide) groups is 1. The summed E-state index contributed by atoms with van der Waals surface area (Å²) in [7, 11) is 4.47. The molecule has 0 aliphatic carbocycles. The molecule has 0 spiro atoms. The zero-order valence-corrected chi connectivity index (χ0v) is 14.2. The number of benzene rings is 1. The summed E-state index contributed by atoms with van der Waals surface area (Å²) in [5.41, 5.74) is 6.71. The largest absolute Gasteiger partial charge is 0.496 e. The van der Waals surface area contributed by atoms with E-state index in [4.69, 9.17) is 25.4 Å². The number of ether oxygens (including phenoxy) is 3. The molecule has 0 saturated heterocycles. The molecule has 3 N–H and O–H groups in total. The molecule has 8 heteroatoms. The second kappa shape index (κ2) is 7.16. The Morgan fingerprint density at radius 3 is 2.17 bits per heavy atom. The van der Waals surface area contributed by atoms with E-state index in [-0.39, 0.29) is 15.6 Å². The molecule has 2 rings (SSSR count). The van der Waals surface area contributed by atoms with Crippen molar-refractivity contribution in [3.05, 3.63) is 28.3 Å². The maximum absolute atomic E-state index is 9.51. The van der Waals surface area contributed by atoms with Gasteiger partial charge in [0.25, 0.3) is 0 Å². The van der Waals surface area contributed by atoms with Gasteiger partial charge in [0.15, 0.2) is 11.5 Å². The Hall–Kier alpha value is -2.84. The van der Waals surface area contributed by atoms with Crippen LogP contribution >= 0.6 is 11.8 Å². The van der Waals surface area contributed by atoms with Crippen molar-refractivity contribution in [3.63, 3.8) is 0 Å². The molecule has 2 atom stereocenters. The maximum atomic E-state index is 9.51.